The molecule has 2 saturated heterocycles. The van der Waals surface area contributed by atoms with Gasteiger partial charge < -0.3 is 19.7 Å². The molecule has 156 valence electrons. The van der Waals surface area contributed by atoms with Crippen molar-refractivity contribution in [2.24, 2.45) is 4.99 Å². The lowest BCUT2D eigenvalue weighted by Gasteiger charge is -2.32. The summed E-state index contributed by atoms with van der Waals surface area (Å²) in [5.41, 5.74) is 1.83. The molecule has 1 unspecified atom stereocenters. The summed E-state index contributed by atoms with van der Waals surface area (Å²) in [5.74, 6) is 0.933. The standard InChI is InChI=1S/C19H29N5O3.HI/c1-20-18(24-8-7-17(14-24)23-9-11-27-12-10-23)21-13-15-3-5-16(6-4-15)22-19(25)26-2;/h3-6,17H,7-14H2,1-2H3,(H,20,21)(H,22,25);1H. The Morgan fingerprint density at radius 3 is 2.61 bits per heavy atom. The van der Waals surface area contributed by atoms with Gasteiger partial charge in [-0.05, 0) is 24.1 Å². The largest absolute Gasteiger partial charge is 0.453 e. The summed E-state index contributed by atoms with van der Waals surface area (Å²) >= 11 is 0. The average Bonchev–Trinajstić information content (AvgIpc) is 3.20. The first kappa shape index (κ1) is 22.7. The third-order valence-electron chi connectivity index (χ3n) is 5.07. The van der Waals surface area contributed by atoms with Crippen molar-refractivity contribution in [1.82, 2.24) is 15.1 Å². The Balaban J connectivity index is 0.00000280. The second-order valence-corrected chi connectivity index (χ2v) is 6.75. The molecule has 0 saturated carbocycles. The molecule has 2 aliphatic heterocycles. The average molecular weight is 503 g/mol. The number of benzene rings is 1. The zero-order chi connectivity index (χ0) is 19.1. The summed E-state index contributed by atoms with van der Waals surface area (Å²) in [6.07, 6.45) is 0.694. The van der Waals surface area contributed by atoms with Crippen LogP contribution in [0.4, 0.5) is 10.5 Å². The van der Waals surface area contributed by atoms with Crippen molar-refractivity contribution in [3.05, 3.63) is 29.8 Å². The van der Waals surface area contributed by atoms with Gasteiger partial charge >= 0.3 is 6.09 Å². The summed E-state index contributed by atoms with van der Waals surface area (Å²) < 4.78 is 10.1. The molecule has 1 aromatic rings. The number of guanidine groups is 1. The molecule has 8 nitrogen and oxygen atoms in total. The van der Waals surface area contributed by atoms with Gasteiger partial charge in [-0.1, -0.05) is 12.1 Å². The number of amides is 1. The van der Waals surface area contributed by atoms with Gasteiger partial charge in [0, 0.05) is 51.5 Å². The van der Waals surface area contributed by atoms with Crippen molar-refractivity contribution in [3.63, 3.8) is 0 Å². The van der Waals surface area contributed by atoms with E-state index in [0.29, 0.717) is 18.3 Å². The number of rotatable bonds is 4. The van der Waals surface area contributed by atoms with Crippen LogP contribution in [0.2, 0.25) is 0 Å². The summed E-state index contributed by atoms with van der Waals surface area (Å²) in [6, 6.07) is 8.26. The van der Waals surface area contributed by atoms with Crippen LogP contribution in [0.25, 0.3) is 0 Å². The van der Waals surface area contributed by atoms with E-state index in [0.717, 1.165) is 57.3 Å². The van der Waals surface area contributed by atoms with Gasteiger partial charge in [0.15, 0.2) is 5.96 Å². The number of methoxy groups -OCH3 is 1. The number of aliphatic imine (C=N–C) groups is 1. The smallest absolute Gasteiger partial charge is 0.411 e. The first-order valence-corrected chi connectivity index (χ1v) is 9.41. The molecule has 0 radical (unpaired) electrons. The van der Waals surface area contributed by atoms with Crippen molar-refractivity contribution in [1.29, 1.82) is 0 Å². The van der Waals surface area contributed by atoms with Gasteiger partial charge in [0.25, 0.3) is 0 Å². The molecule has 0 aromatic heterocycles. The lowest BCUT2D eigenvalue weighted by atomic mass is 10.2. The molecule has 0 bridgehead atoms. The SMILES string of the molecule is CN=C(NCc1ccc(NC(=O)OC)cc1)N1CCC(N2CCOCC2)C1.I. The van der Waals surface area contributed by atoms with E-state index in [-0.39, 0.29) is 24.0 Å². The van der Waals surface area contributed by atoms with Crippen LogP contribution in [0, 0.1) is 0 Å². The number of carbonyl (C=O) groups excluding carboxylic acids is 1. The highest BCUT2D eigenvalue weighted by Gasteiger charge is 2.30. The van der Waals surface area contributed by atoms with E-state index in [1.165, 1.54) is 7.11 Å². The maximum atomic E-state index is 11.2. The van der Waals surface area contributed by atoms with Crippen molar-refractivity contribution < 1.29 is 14.3 Å². The van der Waals surface area contributed by atoms with E-state index in [4.69, 9.17) is 4.74 Å². The molecule has 2 heterocycles. The van der Waals surface area contributed by atoms with Crippen LogP contribution < -0.4 is 10.6 Å². The highest BCUT2D eigenvalue weighted by molar-refractivity contribution is 14.0. The molecular weight excluding hydrogens is 473 g/mol. The molecule has 9 heteroatoms. The van der Waals surface area contributed by atoms with E-state index in [2.05, 4.69) is 30.2 Å². The monoisotopic (exact) mass is 503 g/mol. The number of ether oxygens (including phenoxy) is 2. The Labute approximate surface area is 183 Å². The predicted octanol–water partition coefficient (Wildman–Crippen LogP) is 1.96. The topological polar surface area (TPSA) is 78.4 Å². The van der Waals surface area contributed by atoms with Gasteiger partial charge in [-0.25, -0.2) is 4.79 Å². The van der Waals surface area contributed by atoms with Gasteiger partial charge in [-0.3, -0.25) is 15.2 Å². The Kier molecular flexibility index (Phi) is 9.26. The third kappa shape index (κ3) is 6.21. The van der Waals surface area contributed by atoms with E-state index in [1.54, 1.807) is 0 Å². The zero-order valence-corrected chi connectivity index (χ0v) is 18.8. The lowest BCUT2D eigenvalue weighted by Crippen LogP contribution is -2.46. The fraction of sp³-hybridized carbons (Fsp3) is 0.579. The molecule has 2 aliphatic rings. The van der Waals surface area contributed by atoms with Crippen LogP contribution >= 0.6 is 24.0 Å². The van der Waals surface area contributed by atoms with Crippen LogP contribution in [0.3, 0.4) is 0 Å². The second kappa shape index (κ2) is 11.4. The Morgan fingerprint density at radius 2 is 1.96 bits per heavy atom. The first-order chi connectivity index (χ1) is 13.2. The minimum Gasteiger partial charge on any atom is -0.453 e. The predicted molar refractivity (Wildman–Crippen MR) is 120 cm³/mol. The normalized spacial score (nSPS) is 20.4. The van der Waals surface area contributed by atoms with Gasteiger partial charge in [0.2, 0.25) is 0 Å². The Morgan fingerprint density at radius 1 is 1.25 bits per heavy atom. The van der Waals surface area contributed by atoms with Crippen molar-refractivity contribution >= 4 is 41.7 Å². The zero-order valence-electron chi connectivity index (χ0n) is 16.5. The number of anilines is 1. The van der Waals surface area contributed by atoms with Gasteiger partial charge in [-0.2, -0.15) is 0 Å². The summed E-state index contributed by atoms with van der Waals surface area (Å²) in [4.78, 5) is 20.5. The number of nitrogens with one attached hydrogen (secondary N) is 2. The summed E-state index contributed by atoms with van der Waals surface area (Å²) in [7, 11) is 3.18. The molecular formula is C19H30IN5O3. The molecule has 0 spiro atoms. The first-order valence-electron chi connectivity index (χ1n) is 9.41. The molecule has 1 aromatic carbocycles. The minimum atomic E-state index is -0.467. The van der Waals surface area contributed by atoms with Crippen molar-refractivity contribution in [2.45, 2.75) is 19.0 Å². The number of morpholine rings is 1. The molecule has 0 aliphatic carbocycles. The molecule has 2 N–H and O–H groups in total. The fourth-order valence-corrected chi connectivity index (χ4v) is 3.56. The molecule has 1 atom stereocenters. The number of halogens is 1. The highest BCUT2D eigenvalue weighted by Crippen LogP contribution is 2.17. The quantitative estimate of drug-likeness (QED) is 0.372. The van der Waals surface area contributed by atoms with Crippen LogP contribution in [0.1, 0.15) is 12.0 Å². The van der Waals surface area contributed by atoms with E-state index < -0.39 is 6.09 Å². The van der Waals surface area contributed by atoms with E-state index in [9.17, 15) is 4.79 Å². The van der Waals surface area contributed by atoms with Gasteiger partial charge in [-0.15, -0.1) is 24.0 Å². The summed E-state index contributed by atoms with van der Waals surface area (Å²) in [6.45, 7) is 6.43. The number of hydrogen-bond acceptors (Lipinski definition) is 5. The van der Waals surface area contributed by atoms with Gasteiger partial charge in [0.05, 0.1) is 20.3 Å². The van der Waals surface area contributed by atoms with Crippen molar-refractivity contribution in [2.75, 3.05) is 58.9 Å². The van der Waals surface area contributed by atoms with Crippen LogP contribution in [0.15, 0.2) is 29.3 Å². The fourth-order valence-electron chi connectivity index (χ4n) is 3.56. The number of nitrogens with zero attached hydrogens (tertiary/aromatic N) is 3. The molecule has 2 fully saturated rings. The number of hydrogen-bond donors (Lipinski definition) is 2. The third-order valence-corrected chi connectivity index (χ3v) is 5.07. The Hall–Kier alpha value is -1.59. The maximum absolute atomic E-state index is 11.2. The summed E-state index contributed by atoms with van der Waals surface area (Å²) in [5, 5.41) is 6.09. The molecule has 1 amide bonds. The van der Waals surface area contributed by atoms with E-state index >= 15 is 0 Å². The second-order valence-electron chi connectivity index (χ2n) is 6.75. The lowest BCUT2D eigenvalue weighted by molar-refractivity contribution is 0.0195. The number of likely N-dealkylation sites (tertiary alicyclic amines) is 1. The maximum Gasteiger partial charge on any atom is 0.411 e. The van der Waals surface area contributed by atoms with Crippen LogP contribution in [0.5, 0.6) is 0 Å². The Bertz CT molecular complexity index is 649. The highest BCUT2D eigenvalue weighted by atomic mass is 127. The number of carbonyl (C=O) groups is 1. The van der Waals surface area contributed by atoms with Crippen LogP contribution in [-0.2, 0) is 16.0 Å². The molecule has 3 rings (SSSR count). The van der Waals surface area contributed by atoms with E-state index in [1.807, 2.05) is 31.3 Å². The minimum absolute atomic E-state index is 0. The van der Waals surface area contributed by atoms with Gasteiger partial charge in [0.1, 0.15) is 0 Å². The van der Waals surface area contributed by atoms with Crippen molar-refractivity contribution in [3.8, 4) is 0 Å². The molecule has 28 heavy (non-hydrogen) atoms. The van der Waals surface area contributed by atoms with Crippen LogP contribution in [-0.4, -0.2) is 81.4 Å².